The van der Waals surface area contributed by atoms with Crippen LogP contribution in [0.25, 0.3) is 0 Å². The molecule has 1 atom stereocenters. The summed E-state index contributed by atoms with van der Waals surface area (Å²) in [4.78, 5) is 2.37. The third-order valence-electron chi connectivity index (χ3n) is 4.93. The van der Waals surface area contributed by atoms with Crippen LogP contribution in [-0.4, -0.2) is 30.6 Å². The lowest BCUT2D eigenvalue weighted by molar-refractivity contribution is 0.140. The molecule has 21 heavy (non-hydrogen) atoms. The first-order chi connectivity index (χ1) is 10.2. The Labute approximate surface area is 131 Å². The lowest BCUT2D eigenvalue weighted by atomic mass is 9.83. The van der Waals surface area contributed by atoms with Crippen LogP contribution < -0.4 is 5.32 Å². The molecule has 1 aromatic carbocycles. The molecular weight excluding hydrogens is 287 g/mol. The van der Waals surface area contributed by atoms with Crippen molar-refractivity contribution in [3.05, 3.63) is 34.6 Å². The second-order valence-corrected chi connectivity index (χ2v) is 6.81. The van der Waals surface area contributed by atoms with Crippen LogP contribution in [-0.2, 0) is 6.54 Å². The molecule has 0 spiro atoms. The summed E-state index contributed by atoms with van der Waals surface area (Å²) < 4.78 is 14.0. The molecule has 0 amide bonds. The van der Waals surface area contributed by atoms with Crippen molar-refractivity contribution in [2.45, 2.75) is 44.7 Å². The van der Waals surface area contributed by atoms with Gasteiger partial charge in [0.15, 0.2) is 0 Å². The molecule has 1 saturated heterocycles. The number of nitrogens with zero attached hydrogens (tertiary/aromatic N) is 1. The highest BCUT2D eigenvalue weighted by molar-refractivity contribution is 6.30. The molecule has 1 heterocycles. The van der Waals surface area contributed by atoms with Crippen molar-refractivity contribution >= 4 is 11.6 Å². The van der Waals surface area contributed by atoms with Gasteiger partial charge in [-0.25, -0.2) is 4.39 Å². The van der Waals surface area contributed by atoms with E-state index >= 15 is 0 Å². The van der Waals surface area contributed by atoms with Gasteiger partial charge < -0.3 is 5.32 Å². The van der Waals surface area contributed by atoms with Crippen molar-refractivity contribution in [2.75, 3.05) is 19.6 Å². The molecule has 1 aliphatic carbocycles. The second-order valence-electron chi connectivity index (χ2n) is 6.41. The average Bonchev–Trinajstić information content (AvgIpc) is 2.53. The van der Waals surface area contributed by atoms with E-state index in [1.54, 1.807) is 6.07 Å². The highest BCUT2D eigenvalue weighted by atomic mass is 35.5. The van der Waals surface area contributed by atoms with Crippen LogP contribution in [0.4, 0.5) is 4.39 Å². The zero-order valence-corrected chi connectivity index (χ0v) is 13.2. The number of piperazine rings is 1. The maximum atomic E-state index is 14.0. The van der Waals surface area contributed by atoms with E-state index in [2.05, 4.69) is 10.2 Å². The third kappa shape index (κ3) is 3.77. The first-order valence-corrected chi connectivity index (χ1v) is 8.50. The fourth-order valence-electron chi connectivity index (χ4n) is 3.75. The van der Waals surface area contributed by atoms with Crippen LogP contribution in [0.15, 0.2) is 18.2 Å². The molecule has 1 saturated carbocycles. The Morgan fingerprint density at radius 1 is 1.24 bits per heavy atom. The summed E-state index contributed by atoms with van der Waals surface area (Å²) in [5.74, 6) is 0.540. The summed E-state index contributed by atoms with van der Waals surface area (Å²) in [7, 11) is 0. The summed E-state index contributed by atoms with van der Waals surface area (Å²) in [5, 5.41) is 3.90. The summed E-state index contributed by atoms with van der Waals surface area (Å²) >= 11 is 5.88. The Morgan fingerprint density at radius 3 is 2.86 bits per heavy atom. The van der Waals surface area contributed by atoms with Crippen LogP contribution in [0.5, 0.6) is 0 Å². The topological polar surface area (TPSA) is 15.3 Å². The van der Waals surface area contributed by atoms with Crippen molar-refractivity contribution in [3.8, 4) is 0 Å². The van der Waals surface area contributed by atoms with Gasteiger partial charge in [0.05, 0.1) is 5.02 Å². The van der Waals surface area contributed by atoms with E-state index in [0.717, 1.165) is 25.6 Å². The quantitative estimate of drug-likeness (QED) is 0.912. The summed E-state index contributed by atoms with van der Waals surface area (Å²) in [6, 6.07) is 5.87. The van der Waals surface area contributed by atoms with Gasteiger partial charge in [0.2, 0.25) is 0 Å². The fourth-order valence-corrected chi connectivity index (χ4v) is 3.94. The van der Waals surface area contributed by atoms with Gasteiger partial charge in [-0.2, -0.15) is 0 Å². The molecule has 0 bridgehead atoms. The van der Waals surface area contributed by atoms with Gasteiger partial charge in [0, 0.05) is 37.8 Å². The van der Waals surface area contributed by atoms with E-state index in [-0.39, 0.29) is 10.8 Å². The first kappa shape index (κ1) is 15.3. The van der Waals surface area contributed by atoms with Crippen molar-refractivity contribution in [2.24, 2.45) is 5.92 Å². The summed E-state index contributed by atoms with van der Waals surface area (Å²) in [5.41, 5.74) is 0.715. The average molecular weight is 311 g/mol. The maximum Gasteiger partial charge on any atom is 0.146 e. The first-order valence-electron chi connectivity index (χ1n) is 8.12. The van der Waals surface area contributed by atoms with Gasteiger partial charge in [-0.3, -0.25) is 4.90 Å². The Bertz CT molecular complexity index is 474. The minimum absolute atomic E-state index is 0.228. The molecule has 2 aliphatic rings. The predicted molar refractivity (Wildman–Crippen MR) is 85.1 cm³/mol. The molecule has 2 nitrogen and oxygen atoms in total. The zero-order valence-electron chi connectivity index (χ0n) is 12.5. The minimum atomic E-state index is -0.257. The molecule has 116 valence electrons. The highest BCUT2D eigenvalue weighted by Gasteiger charge is 2.28. The van der Waals surface area contributed by atoms with Crippen molar-refractivity contribution < 1.29 is 4.39 Å². The SMILES string of the molecule is Fc1c(Cl)cccc1CN1CCNC(C2CCCCC2)C1. The van der Waals surface area contributed by atoms with Crippen molar-refractivity contribution in [3.63, 3.8) is 0 Å². The molecule has 3 rings (SSSR count). The normalized spacial score (nSPS) is 25.1. The summed E-state index contributed by atoms with van der Waals surface area (Å²) in [6.45, 7) is 3.67. The van der Waals surface area contributed by atoms with E-state index in [1.807, 2.05) is 12.1 Å². The zero-order chi connectivity index (χ0) is 14.7. The molecule has 1 aromatic rings. The largest absolute Gasteiger partial charge is 0.311 e. The van der Waals surface area contributed by atoms with E-state index in [1.165, 1.54) is 32.1 Å². The van der Waals surface area contributed by atoms with Gasteiger partial charge in [-0.15, -0.1) is 0 Å². The fraction of sp³-hybridized carbons (Fsp3) is 0.647. The van der Waals surface area contributed by atoms with Gasteiger partial charge in [-0.05, 0) is 24.8 Å². The third-order valence-corrected chi connectivity index (χ3v) is 5.23. The molecule has 2 fully saturated rings. The van der Waals surface area contributed by atoms with Crippen LogP contribution in [0.3, 0.4) is 0 Å². The molecule has 1 N–H and O–H groups in total. The van der Waals surface area contributed by atoms with Gasteiger partial charge in [-0.1, -0.05) is 43.0 Å². The Kier molecular flexibility index (Phi) is 5.15. The summed E-state index contributed by atoms with van der Waals surface area (Å²) in [6.07, 6.45) is 6.81. The number of nitrogens with one attached hydrogen (secondary N) is 1. The van der Waals surface area contributed by atoms with Crippen LogP contribution in [0, 0.1) is 11.7 Å². The van der Waals surface area contributed by atoms with E-state index in [9.17, 15) is 4.39 Å². The van der Waals surface area contributed by atoms with Gasteiger partial charge >= 0.3 is 0 Å². The number of hydrogen-bond donors (Lipinski definition) is 1. The van der Waals surface area contributed by atoms with Gasteiger partial charge in [0.1, 0.15) is 5.82 Å². The lowest BCUT2D eigenvalue weighted by Crippen LogP contribution is -2.53. The van der Waals surface area contributed by atoms with Crippen molar-refractivity contribution in [1.82, 2.24) is 10.2 Å². The van der Waals surface area contributed by atoms with Crippen LogP contribution in [0.1, 0.15) is 37.7 Å². The number of hydrogen-bond acceptors (Lipinski definition) is 2. The maximum absolute atomic E-state index is 14.0. The predicted octanol–water partition coefficient (Wildman–Crippen LogP) is 3.83. The van der Waals surface area contributed by atoms with E-state index in [0.29, 0.717) is 18.2 Å². The van der Waals surface area contributed by atoms with Crippen molar-refractivity contribution in [1.29, 1.82) is 0 Å². The Morgan fingerprint density at radius 2 is 2.05 bits per heavy atom. The molecule has 0 radical (unpaired) electrons. The molecule has 1 unspecified atom stereocenters. The lowest BCUT2D eigenvalue weighted by Gasteiger charge is -2.39. The molecular formula is C17H24ClFN2. The monoisotopic (exact) mass is 310 g/mol. The second kappa shape index (κ2) is 7.08. The van der Waals surface area contributed by atoms with Crippen LogP contribution in [0.2, 0.25) is 5.02 Å². The number of benzene rings is 1. The minimum Gasteiger partial charge on any atom is -0.311 e. The van der Waals surface area contributed by atoms with Crippen LogP contribution >= 0.6 is 11.6 Å². The van der Waals surface area contributed by atoms with Gasteiger partial charge in [0.25, 0.3) is 0 Å². The number of halogens is 2. The molecule has 1 aliphatic heterocycles. The Balaban J connectivity index is 1.62. The molecule has 4 heteroatoms. The van der Waals surface area contributed by atoms with E-state index < -0.39 is 0 Å². The Hall–Kier alpha value is -0.640. The smallest absolute Gasteiger partial charge is 0.146 e. The molecule has 0 aromatic heterocycles. The van der Waals surface area contributed by atoms with E-state index in [4.69, 9.17) is 11.6 Å². The highest BCUT2D eigenvalue weighted by Crippen LogP contribution is 2.28. The standard InChI is InChI=1S/C17H24ClFN2/c18-15-8-4-7-14(17(15)19)11-21-10-9-20-16(12-21)13-5-2-1-3-6-13/h4,7-8,13,16,20H,1-3,5-6,9-12H2. The number of rotatable bonds is 3.